The average Bonchev–Trinajstić information content (AvgIpc) is 0.815. The van der Waals surface area contributed by atoms with E-state index >= 15 is 0 Å². The summed E-state index contributed by atoms with van der Waals surface area (Å²) in [4.78, 5) is 128. The Hall–Kier alpha value is -11.2. The summed E-state index contributed by atoms with van der Waals surface area (Å²) in [6.07, 6.45) is -1.05. The van der Waals surface area contributed by atoms with Crippen LogP contribution in [0.15, 0.2) is 180 Å². The standard InChI is InChI=1S/2C26H27NO7.C24H27NO5/c2*1-5-32-23(30)15-21-20-14-19(18-10-8-7-9-11-18)12-13-22(20)34-25(24(21)26(31)33-6-2)27(16(3)28)17(4)29;1-14(2)28-21(26)13-19-18-12-17(16-8-6-5-7-9-16)10-11-20(18)30-23(25)22(19)24(27)29-15(3)4/h2*7-14,21H,5-6,15H2,1-4H3;5-12,14-15,19H,13,25H2,1-4H3. The summed E-state index contributed by atoms with van der Waals surface area (Å²) in [7, 11) is 0. The maximum absolute atomic E-state index is 13.1. The van der Waals surface area contributed by atoms with Gasteiger partial charge in [-0.2, -0.15) is 0 Å². The first-order valence-corrected chi connectivity index (χ1v) is 32.1. The van der Waals surface area contributed by atoms with Gasteiger partial charge in [0.05, 0.1) is 57.9 Å². The molecule has 0 saturated carbocycles. The number of benzene rings is 6. The van der Waals surface area contributed by atoms with Crippen molar-refractivity contribution in [1.82, 2.24) is 9.80 Å². The first-order chi connectivity index (χ1) is 46.8. The van der Waals surface area contributed by atoms with E-state index in [1.54, 1.807) is 73.6 Å². The van der Waals surface area contributed by atoms with Gasteiger partial charge in [0.1, 0.15) is 34.0 Å². The van der Waals surface area contributed by atoms with Gasteiger partial charge >= 0.3 is 35.8 Å². The number of imide groups is 2. The van der Waals surface area contributed by atoms with E-state index < -0.39 is 77.2 Å². The SMILES string of the molecule is CC(C)OC(=O)CC1C(C(=O)OC(C)C)=C(N)Oc2ccc(-c3ccccc3)cc21.CCOC(=O)CC1C(C(=O)OCC)=C(N(C(C)=O)C(C)=O)Oc2ccc(-c3ccccc3)cc21.CCOC(=O)CC1C(C(=O)OCC)=C(N(C(C)=O)C(C)=O)Oc2ccc(-c3ccccc3)cc21. The molecule has 3 aliphatic rings. The molecular formula is C76H81N3O19. The molecule has 4 amide bonds. The fourth-order valence-electron chi connectivity index (χ4n) is 11.2. The molecule has 0 fully saturated rings. The minimum absolute atomic E-state index is 0.0456. The van der Waals surface area contributed by atoms with Crippen LogP contribution in [0.4, 0.5) is 0 Å². The highest BCUT2D eigenvalue weighted by Gasteiger charge is 2.44. The number of esters is 6. The average molecular weight is 1340 g/mol. The van der Waals surface area contributed by atoms with Gasteiger partial charge in [-0.15, -0.1) is 0 Å². The lowest BCUT2D eigenvalue weighted by Gasteiger charge is -2.32. The van der Waals surface area contributed by atoms with E-state index in [2.05, 4.69) is 0 Å². The van der Waals surface area contributed by atoms with Crippen molar-refractivity contribution < 1.29 is 90.6 Å². The molecule has 0 aromatic heterocycles. The molecule has 3 atom stereocenters. The van der Waals surface area contributed by atoms with Crippen LogP contribution in [0.25, 0.3) is 33.4 Å². The Morgan fingerprint density at radius 3 is 0.990 bits per heavy atom. The van der Waals surface area contributed by atoms with Crippen LogP contribution in [0.2, 0.25) is 0 Å². The first kappa shape index (κ1) is 74.2. The molecule has 0 radical (unpaired) electrons. The third-order valence-electron chi connectivity index (χ3n) is 15.2. The summed E-state index contributed by atoms with van der Waals surface area (Å²) in [5, 5.41) is 0. The number of hydrogen-bond acceptors (Lipinski definition) is 20. The number of rotatable bonds is 20. The van der Waals surface area contributed by atoms with Crippen LogP contribution < -0.4 is 19.9 Å². The zero-order valence-electron chi connectivity index (χ0n) is 56.9. The lowest BCUT2D eigenvalue weighted by molar-refractivity contribution is -0.149. The molecule has 3 unspecified atom stereocenters. The number of amides is 4. The fraction of sp³-hybridized carbons (Fsp3) is 0.316. The fourth-order valence-corrected chi connectivity index (χ4v) is 11.2. The maximum Gasteiger partial charge on any atom is 0.340 e. The van der Waals surface area contributed by atoms with Crippen LogP contribution >= 0.6 is 0 Å². The Labute approximate surface area is 569 Å². The van der Waals surface area contributed by atoms with Gasteiger partial charge in [0.2, 0.25) is 41.3 Å². The van der Waals surface area contributed by atoms with Crippen molar-refractivity contribution in [3.8, 4) is 50.6 Å². The highest BCUT2D eigenvalue weighted by atomic mass is 16.6. The normalized spacial score (nSPS) is 14.9. The predicted octanol–water partition coefficient (Wildman–Crippen LogP) is 12.2. The van der Waals surface area contributed by atoms with Gasteiger partial charge in [0.25, 0.3) is 0 Å². The highest BCUT2D eigenvalue weighted by molar-refractivity contribution is 6.01. The van der Waals surface area contributed by atoms with Gasteiger partial charge in [-0.25, -0.2) is 24.2 Å². The molecule has 0 spiro atoms. The van der Waals surface area contributed by atoms with Crippen molar-refractivity contribution >= 4 is 59.4 Å². The number of nitrogens with zero attached hydrogens (tertiary/aromatic N) is 2. The quantitative estimate of drug-likeness (QED) is 0.0549. The van der Waals surface area contributed by atoms with E-state index in [0.29, 0.717) is 33.9 Å². The first-order valence-electron chi connectivity index (χ1n) is 32.1. The Morgan fingerprint density at radius 1 is 0.378 bits per heavy atom. The van der Waals surface area contributed by atoms with E-state index in [4.69, 9.17) is 48.4 Å². The Morgan fingerprint density at radius 2 is 0.684 bits per heavy atom. The monoisotopic (exact) mass is 1340 g/mol. The van der Waals surface area contributed by atoms with Crippen molar-refractivity contribution in [2.45, 2.75) is 132 Å². The van der Waals surface area contributed by atoms with Crippen molar-refractivity contribution in [3.63, 3.8) is 0 Å². The van der Waals surface area contributed by atoms with E-state index in [0.717, 1.165) is 43.2 Å². The molecular weight excluding hydrogens is 1260 g/mol. The second-order valence-corrected chi connectivity index (χ2v) is 22.9. The van der Waals surface area contributed by atoms with Gasteiger partial charge in [-0.05, 0) is 125 Å². The number of hydrogen-bond donors (Lipinski definition) is 1. The minimum atomic E-state index is -0.860. The summed E-state index contributed by atoms with van der Waals surface area (Å²) in [6, 6.07) is 45.3. The zero-order valence-corrected chi connectivity index (χ0v) is 56.9. The zero-order chi connectivity index (χ0) is 71.5. The van der Waals surface area contributed by atoms with E-state index in [9.17, 15) is 47.9 Å². The molecule has 6 aromatic rings. The van der Waals surface area contributed by atoms with Crippen molar-refractivity contribution in [2.24, 2.45) is 5.73 Å². The third kappa shape index (κ3) is 18.4. The second-order valence-electron chi connectivity index (χ2n) is 22.9. The summed E-state index contributed by atoms with van der Waals surface area (Å²) >= 11 is 0. The topological polar surface area (TPSA) is 286 Å². The molecule has 9 rings (SSSR count). The molecule has 2 N–H and O–H groups in total. The lowest BCUT2D eigenvalue weighted by Crippen LogP contribution is -2.39. The molecule has 0 saturated heterocycles. The second kappa shape index (κ2) is 34.5. The van der Waals surface area contributed by atoms with Gasteiger partial charge in [0, 0.05) is 62.1 Å². The maximum atomic E-state index is 13.1. The van der Waals surface area contributed by atoms with Crippen molar-refractivity contribution in [3.05, 3.63) is 197 Å². The summed E-state index contributed by atoms with van der Waals surface area (Å²) in [5.74, 6) is -7.96. The lowest BCUT2D eigenvalue weighted by atomic mass is 9.84. The van der Waals surface area contributed by atoms with Crippen LogP contribution in [-0.2, 0) is 76.4 Å². The van der Waals surface area contributed by atoms with Gasteiger partial charge in [-0.3, -0.25) is 33.6 Å². The van der Waals surface area contributed by atoms with Crippen LogP contribution in [0.1, 0.15) is 137 Å². The largest absolute Gasteiger partial charge is 0.466 e. The molecule has 0 aliphatic carbocycles. The molecule has 6 aromatic carbocycles. The van der Waals surface area contributed by atoms with Crippen LogP contribution in [-0.4, -0.2) is 108 Å². The third-order valence-corrected chi connectivity index (χ3v) is 15.2. The van der Waals surface area contributed by atoms with E-state index in [1.807, 2.05) is 127 Å². The predicted molar refractivity (Wildman–Crippen MR) is 360 cm³/mol. The number of nitrogens with two attached hydrogens (primary N) is 1. The Bertz CT molecular complexity index is 3850. The van der Waals surface area contributed by atoms with Crippen LogP contribution in [0, 0.1) is 0 Å². The van der Waals surface area contributed by atoms with Gasteiger partial charge in [0.15, 0.2) is 0 Å². The van der Waals surface area contributed by atoms with Crippen molar-refractivity contribution in [1.29, 1.82) is 0 Å². The molecule has 3 heterocycles. The molecule has 22 heteroatoms. The number of carbonyl (C=O) groups excluding carboxylic acids is 10. The van der Waals surface area contributed by atoms with Crippen LogP contribution in [0.5, 0.6) is 17.2 Å². The molecule has 0 bridgehead atoms. The summed E-state index contributed by atoms with van der Waals surface area (Å²) in [5.41, 5.74) is 13.4. The van der Waals surface area contributed by atoms with Crippen LogP contribution in [0.3, 0.4) is 0 Å². The Kier molecular flexibility index (Phi) is 26.1. The number of fused-ring (bicyclic) bond motifs is 3. The molecule has 22 nitrogen and oxygen atoms in total. The summed E-state index contributed by atoms with van der Waals surface area (Å²) in [6.45, 7) is 18.9. The number of ether oxygens (including phenoxy) is 9. The van der Waals surface area contributed by atoms with E-state index in [-0.39, 0.29) is 92.3 Å². The Balaban J connectivity index is 0.000000207. The van der Waals surface area contributed by atoms with Gasteiger partial charge in [-0.1, -0.05) is 109 Å². The smallest absolute Gasteiger partial charge is 0.340 e. The van der Waals surface area contributed by atoms with Gasteiger partial charge < -0.3 is 48.4 Å². The highest BCUT2D eigenvalue weighted by Crippen LogP contribution is 2.48. The minimum Gasteiger partial charge on any atom is -0.466 e. The number of carbonyl (C=O) groups is 10. The molecule has 3 aliphatic heterocycles. The summed E-state index contributed by atoms with van der Waals surface area (Å²) < 4.78 is 49.2. The molecule has 98 heavy (non-hydrogen) atoms. The van der Waals surface area contributed by atoms with E-state index in [1.165, 1.54) is 27.7 Å². The van der Waals surface area contributed by atoms with Crippen molar-refractivity contribution in [2.75, 3.05) is 26.4 Å². The molecule has 514 valence electrons.